The van der Waals surface area contributed by atoms with Crippen LogP contribution < -0.4 is 4.90 Å². The molecule has 0 spiro atoms. The highest BCUT2D eigenvalue weighted by Gasteiger charge is 2.27. The van der Waals surface area contributed by atoms with Crippen molar-refractivity contribution >= 4 is 29.2 Å². The molecule has 6 nitrogen and oxygen atoms in total. The highest BCUT2D eigenvalue weighted by molar-refractivity contribution is 6.29. The summed E-state index contributed by atoms with van der Waals surface area (Å²) in [6, 6.07) is 20.0. The zero-order valence-corrected chi connectivity index (χ0v) is 20.9. The topological polar surface area (TPSA) is 59.7 Å². The minimum atomic E-state index is -0.657. The lowest BCUT2D eigenvalue weighted by Gasteiger charge is -2.28. The van der Waals surface area contributed by atoms with Gasteiger partial charge in [0, 0.05) is 11.6 Å². The van der Waals surface area contributed by atoms with Gasteiger partial charge in [-0.15, -0.1) is 0 Å². The summed E-state index contributed by atoms with van der Waals surface area (Å²) in [6.45, 7) is 9.96. The molecule has 2 aromatic heterocycles. The summed E-state index contributed by atoms with van der Waals surface area (Å²) in [5.41, 5.74) is 4.12. The van der Waals surface area contributed by atoms with Crippen LogP contribution in [0.4, 0.5) is 10.6 Å². The van der Waals surface area contributed by atoms with Crippen LogP contribution in [0.5, 0.6) is 0 Å². The largest absolute Gasteiger partial charge is 0.443 e. The van der Waals surface area contributed by atoms with E-state index in [-0.39, 0.29) is 17.6 Å². The van der Waals surface area contributed by atoms with Crippen molar-refractivity contribution in [2.24, 2.45) is 0 Å². The fraction of sp³-hybridized carbons (Fsp3) is 0.296. The van der Waals surface area contributed by atoms with Crippen LogP contribution in [-0.2, 0) is 11.3 Å². The van der Waals surface area contributed by atoms with Gasteiger partial charge in [0.1, 0.15) is 16.6 Å². The Morgan fingerprint density at radius 3 is 2.32 bits per heavy atom. The summed E-state index contributed by atoms with van der Waals surface area (Å²) in [5, 5.41) is 4.81. The third-order valence-electron chi connectivity index (χ3n) is 5.36. The minimum Gasteiger partial charge on any atom is -0.443 e. The number of anilines is 1. The highest BCUT2D eigenvalue weighted by Crippen LogP contribution is 2.28. The van der Waals surface area contributed by atoms with E-state index in [1.807, 2.05) is 51.1 Å². The van der Waals surface area contributed by atoms with Crippen molar-refractivity contribution in [1.29, 1.82) is 0 Å². The van der Waals surface area contributed by atoms with Crippen molar-refractivity contribution in [3.05, 3.63) is 83.1 Å². The zero-order chi connectivity index (χ0) is 24.5. The van der Waals surface area contributed by atoms with Gasteiger partial charge in [0.15, 0.2) is 5.65 Å². The number of benzene rings is 2. The zero-order valence-electron chi connectivity index (χ0n) is 20.1. The molecular formula is C27H29ClN4O2. The maximum Gasteiger partial charge on any atom is 0.416 e. The van der Waals surface area contributed by atoms with Gasteiger partial charge < -0.3 is 4.74 Å². The quantitative estimate of drug-likeness (QED) is 0.288. The fourth-order valence-electron chi connectivity index (χ4n) is 3.71. The molecule has 0 aliphatic rings. The molecule has 0 saturated heterocycles. The van der Waals surface area contributed by atoms with Crippen LogP contribution in [0.2, 0.25) is 5.15 Å². The summed E-state index contributed by atoms with van der Waals surface area (Å²) in [7, 11) is 0. The lowest BCUT2D eigenvalue weighted by Crippen LogP contribution is -2.37. The summed E-state index contributed by atoms with van der Waals surface area (Å²) in [5.74, 6) is 0.708. The maximum absolute atomic E-state index is 13.3. The number of nitrogens with zero attached hydrogens (tertiary/aromatic N) is 4. The molecule has 34 heavy (non-hydrogen) atoms. The Morgan fingerprint density at radius 2 is 1.71 bits per heavy atom. The van der Waals surface area contributed by atoms with Crippen LogP contribution in [0.1, 0.15) is 51.7 Å². The highest BCUT2D eigenvalue weighted by atomic mass is 35.5. The predicted molar refractivity (Wildman–Crippen MR) is 136 cm³/mol. The Labute approximate surface area is 205 Å². The third-order valence-corrected chi connectivity index (χ3v) is 5.56. The summed E-state index contributed by atoms with van der Waals surface area (Å²) >= 11 is 6.40. The Balaban J connectivity index is 1.75. The summed E-state index contributed by atoms with van der Waals surface area (Å²) < 4.78 is 7.40. The van der Waals surface area contributed by atoms with Gasteiger partial charge in [0.2, 0.25) is 0 Å². The molecule has 0 aliphatic carbocycles. The fourth-order valence-corrected chi connectivity index (χ4v) is 3.88. The van der Waals surface area contributed by atoms with E-state index in [4.69, 9.17) is 16.3 Å². The van der Waals surface area contributed by atoms with Crippen molar-refractivity contribution in [1.82, 2.24) is 14.6 Å². The second kappa shape index (κ2) is 9.47. The number of hydrogen-bond donors (Lipinski definition) is 0. The summed E-state index contributed by atoms with van der Waals surface area (Å²) in [6.07, 6.45) is 1.29. The first-order chi connectivity index (χ1) is 16.1. The lowest BCUT2D eigenvalue weighted by molar-refractivity contribution is 0.0575. The number of rotatable bonds is 5. The molecule has 0 radical (unpaired) electrons. The van der Waals surface area contributed by atoms with Crippen molar-refractivity contribution in [2.45, 2.75) is 52.7 Å². The Bertz CT molecular complexity index is 1290. The number of amides is 1. The van der Waals surface area contributed by atoms with Crippen LogP contribution >= 0.6 is 11.6 Å². The van der Waals surface area contributed by atoms with Gasteiger partial charge in [-0.05, 0) is 43.4 Å². The monoisotopic (exact) mass is 476 g/mol. The van der Waals surface area contributed by atoms with Gasteiger partial charge in [-0.25, -0.2) is 9.78 Å². The van der Waals surface area contributed by atoms with E-state index in [9.17, 15) is 4.79 Å². The van der Waals surface area contributed by atoms with E-state index in [0.29, 0.717) is 11.5 Å². The molecule has 0 aliphatic heterocycles. The van der Waals surface area contributed by atoms with Crippen molar-refractivity contribution < 1.29 is 9.53 Å². The average Bonchev–Trinajstić information content (AvgIpc) is 3.21. The average molecular weight is 477 g/mol. The number of carbonyl (C=O) groups is 1. The van der Waals surface area contributed by atoms with Gasteiger partial charge in [0.25, 0.3) is 0 Å². The molecule has 0 unspecified atom stereocenters. The molecule has 2 aromatic carbocycles. The molecular weight excluding hydrogens is 448 g/mol. The first-order valence-electron chi connectivity index (χ1n) is 11.3. The maximum atomic E-state index is 13.3. The number of carbonyl (C=O) groups excluding carboxylic acids is 1. The van der Waals surface area contributed by atoms with Crippen LogP contribution in [0, 0.1) is 0 Å². The number of aromatic nitrogens is 3. The van der Waals surface area contributed by atoms with Gasteiger partial charge in [-0.3, -0.25) is 4.90 Å². The second-order valence-electron chi connectivity index (χ2n) is 9.56. The van der Waals surface area contributed by atoms with Crippen LogP contribution in [0.3, 0.4) is 0 Å². The first-order valence-corrected chi connectivity index (χ1v) is 11.7. The minimum absolute atomic E-state index is 0.205. The number of hydrogen-bond acceptors (Lipinski definition) is 4. The van der Waals surface area contributed by atoms with Gasteiger partial charge in [-0.2, -0.15) is 9.61 Å². The molecule has 4 rings (SSSR count). The summed E-state index contributed by atoms with van der Waals surface area (Å²) in [4.78, 5) is 19.4. The smallest absolute Gasteiger partial charge is 0.416 e. The van der Waals surface area contributed by atoms with E-state index >= 15 is 0 Å². The Morgan fingerprint density at radius 1 is 1.06 bits per heavy atom. The Hall–Kier alpha value is -3.38. The standard InChI is InChI=1S/C27H29ClN4O2/c1-18(2)22-16-29-32-24(15-23(28)30-25(22)32)31(26(33)34-27(3,4)5)17-19-11-13-21(14-12-19)20-9-7-6-8-10-20/h6-16,18H,17H2,1-5H3. The molecule has 0 N–H and O–H groups in total. The Kier molecular flexibility index (Phi) is 6.62. The van der Waals surface area contributed by atoms with Gasteiger partial charge >= 0.3 is 6.09 Å². The van der Waals surface area contributed by atoms with E-state index in [1.165, 1.54) is 0 Å². The molecule has 7 heteroatoms. The van der Waals surface area contributed by atoms with Crippen molar-refractivity contribution in [3.8, 4) is 11.1 Å². The normalized spacial score (nSPS) is 11.7. The number of ether oxygens (including phenoxy) is 1. The molecule has 0 atom stereocenters. The number of halogens is 1. The van der Waals surface area contributed by atoms with E-state index in [2.05, 4.69) is 48.2 Å². The van der Waals surface area contributed by atoms with Crippen LogP contribution in [0.25, 0.3) is 16.8 Å². The van der Waals surface area contributed by atoms with Gasteiger partial charge in [0.05, 0.1) is 12.7 Å². The van der Waals surface area contributed by atoms with E-state index in [1.54, 1.807) is 21.7 Å². The molecule has 176 valence electrons. The third kappa shape index (κ3) is 5.23. The molecule has 0 bridgehead atoms. The molecule has 4 aromatic rings. The lowest BCUT2D eigenvalue weighted by atomic mass is 10.0. The van der Waals surface area contributed by atoms with Crippen molar-refractivity contribution in [3.63, 3.8) is 0 Å². The molecule has 0 saturated carbocycles. The second-order valence-corrected chi connectivity index (χ2v) is 9.94. The molecule has 2 heterocycles. The van der Waals surface area contributed by atoms with E-state index in [0.717, 1.165) is 22.3 Å². The number of fused-ring (bicyclic) bond motifs is 1. The first kappa shape index (κ1) is 23.8. The van der Waals surface area contributed by atoms with E-state index < -0.39 is 11.7 Å². The van der Waals surface area contributed by atoms with Gasteiger partial charge in [-0.1, -0.05) is 80.0 Å². The van der Waals surface area contributed by atoms with Crippen LogP contribution in [0.15, 0.2) is 66.9 Å². The predicted octanol–water partition coefficient (Wildman–Crippen LogP) is 7.11. The van der Waals surface area contributed by atoms with Crippen LogP contribution in [-0.4, -0.2) is 26.3 Å². The van der Waals surface area contributed by atoms with Crippen molar-refractivity contribution in [2.75, 3.05) is 4.90 Å². The SMILES string of the molecule is CC(C)c1cnn2c(N(Cc3ccc(-c4ccccc4)cc3)C(=O)OC(C)(C)C)cc(Cl)nc12. The molecule has 0 fully saturated rings. The molecule has 1 amide bonds.